The molecule has 2 amide bonds. The van der Waals surface area contributed by atoms with Gasteiger partial charge in [-0.1, -0.05) is 29.8 Å². The van der Waals surface area contributed by atoms with Crippen LogP contribution in [0.25, 0.3) is 5.57 Å². The highest BCUT2D eigenvalue weighted by Crippen LogP contribution is 2.40. The Morgan fingerprint density at radius 3 is 2.31 bits per heavy atom. The molecule has 146 valence electrons. The van der Waals surface area contributed by atoms with E-state index in [1.807, 2.05) is 37.3 Å². The van der Waals surface area contributed by atoms with E-state index in [9.17, 15) is 9.59 Å². The summed E-state index contributed by atoms with van der Waals surface area (Å²) in [6.45, 7) is 1.98. The molecule has 2 heterocycles. The SMILES string of the molecule is COc1ccc(N2C(=O)C(SCc3ccco3)=C(c3ccc(C)cc3)C2=O)cc1. The van der Waals surface area contributed by atoms with Gasteiger partial charge in [-0.3, -0.25) is 9.59 Å². The number of carbonyl (C=O) groups is 2. The third-order valence-corrected chi connectivity index (χ3v) is 5.75. The molecular formula is C23H19NO4S. The summed E-state index contributed by atoms with van der Waals surface area (Å²) in [6.07, 6.45) is 1.59. The summed E-state index contributed by atoms with van der Waals surface area (Å²) in [6, 6.07) is 18.2. The number of rotatable bonds is 6. The first-order valence-corrected chi connectivity index (χ1v) is 10.1. The molecule has 3 aromatic rings. The van der Waals surface area contributed by atoms with Crippen molar-refractivity contribution in [2.24, 2.45) is 0 Å². The summed E-state index contributed by atoms with van der Waals surface area (Å²) >= 11 is 1.32. The highest BCUT2D eigenvalue weighted by molar-refractivity contribution is 8.03. The number of furan rings is 1. The number of methoxy groups -OCH3 is 1. The van der Waals surface area contributed by atoms with Gasteiger partial charge in [-0.2, -0.15) is 0 Å². The maximum atomic E-state index is 13.3. The predicted molar refractivity (Wildman–Crippen MR) is 114 cm³/mol. The first-order valence-electron chi connectivity index (χ1n) is 9.08. The van der Waals surface area contributed by atoms with Gasteiger partial charge in [-0.25, -0.2) is 4.90 Å². The van der Waals surface area contributed by atoms with Crippen LogP contribution in [0.15, 0.2) is 76.2 Å². The zero-order chi connectivity index (χ0) is 20.4. The summed E-state index contributed by atoms with van der Waals surface area (Å²) < 4.78 is 10.6. The number of anilines is 1. The van der Waals surface area contributed by atoms with Gasteiger partial charge in [0.2, 0.25) is 0 Å². The Labute approximate surface area is 173 Å². The van der Waals surface area contributed by atoms with Gasteiger partial charge in [0.05, 0.1) is 35.3 Å². The summed E-state index contributed by atoms with van der Waals surface area (Å²) in [4.78, 5) is 28.2. The zero-order valence-electron chi connectivity index (χ0n) is 16.0. The van der Waals surface area contributed by atoms with Crippen LogP contribution in [0.2, 0.25) is 0 Å². The second-order valence-electron chi connectivity index (χ2n) is 6.58. The summed E-state index contributed by atoms with van der Waals surface area (Å²) in [7, 11) is 1.57. The van der Waals surface area contributed by atoms with E-state index >= 15 is 0 Å². The average molecular weight is 405 g/mol. The van der Waals surface area contributed by atoms with Crippen LogP contribution in [0.4, 0.5) is 5.69 Å². The zero-order valence-corrected chi connectivity index (χ0v) is 16.9. The largest absolute Gasteiger partial charge is 0.497 e. The molecule has 6 heteroatoms. The number of nitrogens with zero attached hydrogens (tertiary/aromatic N) is 1. The quantitative estimate of drug-likeness (QED) is 0.551. The van der Waals surface area contributed by atoms with Crippen molar-refractivity contribution in [3.8, 4) is 5.75 Å². The molecule has 0 saturated carbocycles. The Balaban J connectivity index is 1.72. The molecule has 29 heavy (non-hydrogen) atoms. The van der Waals surface area contributed by atoms with E-state index in [1.54, 1.807) is 43.7 Å². The topological polar surface area (TPSA) is 59.8 Å². The molecule has 1 aromatic heterocycles. The molecule has 0 bridgehead atoms. The lowest BCUT2D eigenvalue weighted by Gasteiger charge is -2.15. The van der Waals surface area contributed by atoms with Gasteiger partial charge < -0.3 is 9.15 Å². The maximum absolute atomic E-state index is 13.3. The smallest absolute Gasteiger partial charge is 0.272 e. The fraction of sp³-hybridized carbons (Fsp3) is 0.130. The monoisotopic (exact) mass is 405 g/mol. The van der Waals surface area contributed by atoms with Crippen molar-refractivity contribution in [2.45, 2.75) is 12.7 Å². The van der Waals surface area contributed by atoms with E-state index in [0.29, 0.717) is 27.7 Å². The summed E-state index contributed by atoms with van der Waals surface area (Å²) in [5, 5.41) is 0. The number of hydrogen-bond donors (Lipinski definition) is 0. The van der Waals surface area contributed by atoms with Crippen LogP contribution in [-0.4, -0.2) is 18.9 Å². The van der Waals surface area contributed by atoms with Crippen LogP contribution in [0.1, 0.15) is 16.9 Å². The van der Waals surface area contributed by atoms with Crippen molar-refractivity contribution in [3.05, 3.63) is 88.7 Å². The number of carbonyl (C=O) groups excluding carboxylic acids is 2. The Kier molecular flexibility index (Phi) is 5.27. The van der Waals surface area contributed by atoms with Crippen LogP contribution in [0.3, 0.4) is 0 Å². The minimum atomic E-state index is -0.328. The lowest BCUT2D eigenvalue weighted by Crippen LogP contribution is -2.31. The molecule has 0 atom stereocenters. The van der Waals surface area contributed by atoms with Crippen molar-refractivity contribution >= 4 is 34.8 Å². The van der Waals surface area contributed by atoms with Crippen LogP contribution in [0.5, 0.6) is 5.75 Å². The molecule has 5 nitrogen and oxygen atoms in total. The molecular weight excluding hydrogens is 386 g/mol. The van der Waals surface area contributed by atoms with Crippen molar-refractivity contribution in [1.29, 1.82) is 0 Å². The molecule has 0 aliphatic carbocycles. The van der Waals surface area contributed by atoms with Gasteiger partial charge in [-0.15, -0.1) is 11.8 Å². The second-order valence-corrected chi connectivity index (χ2v) is 7.57. The molecule has 2 aromatic carbocycles. The molecule has 0 radical (unpaired) electrons. The highest BCUT2D eigenvalue weighted by Gasteiger charge is 2.40. The van der Waals surface area contributed by atoms with Gasteiger partial charge in [0, 0.05) is 0 Å². The molecule has 0 spiro atoms. The number of thioether (sulfide) groups is 1. The molecule has 0 saturated heterocycles. The number of benzene rings is 2. The van der Waals surface area contributed by atoms with Gasteiger partial charge in [0.25, 0.3) is 11.8 Å². The van der Waals surface area contributed by atoms with E-state index < -0.39 is 0 Å². The normalized spacial score (nSPS) is 14.1. The minimum Gasteiger partial charge on any atom is -0.497 e. The number of imide groups is 1. The third kappa shape index (κ3) is 3.71. The van der Waals surface area contributed by atoms with E-state index in [-0.39, 0.29) is 11.8 Å². The lowest BCUT2D eigenvalue weighted by molar-refractivity contribution is -0.119. The molecule has 0 N–H and O–H groups in total. The standard InChI is InChI=1S/C23H19NO4S/c1-15-5-7-16(8-6-15)20-21(29-14-19-4-3-13-28-19)23(26)24(22(20)25)17-9-11-18(27-2)12-10-17/h3-13H,14H2,1-2H3. The molecule has 1 aliphatic rings. The Morgan fingerprint density at radius 1 is 0.966 bits per heavy atom. The number of aryl methyl sites for hydroxylation is 1. The Hall–Kier alpha value is -3.25. The number of hydrogen-bond acceptors (Lipinski definition) is 5. The van der Waals surface area contributed by atoms with Crippen molar-refractivity contribution in [2.75, 3.05) is 12.0 Å². The Bertz CT molecular complexity index is 1070. The highest BCUT2D eigenvalue weighted by atomic mass is 32.2. The average Bonchev–Trinajstić information content (AvgIpc) is 3.34. The van der Waals surface area contributed by atoms with Crippen molar-refractivity contribution in [3.63, 3.8) is 0 Å². The molecule has 4 rings (SSSR count). The van der Waals surface area contributed by atoms with Crippen LogP contribution in [-0.2, 0) is 15.3 Å². The van der Waals surface area contributed by atoms with E-state index in [1.165, 1.54) is 16.7 Å². The predicted octanol–water partition coefficient (Wildman–Crippen LogP) is 4.81. The molecule has 1 aliphatic heterocycles. The number of amides is 2. The van der Waals surface area contributed by atoms with Gasteiger partial charge >= 0.3 is 0 Å². The van der Waals surface area contributed by atoms with E-state index in [2.05, 4.69) is 0 Å². The lowest BCUT2D eigenvalue weighted by atomic mass is 10.0. The van der Waals surface area contributed by atoms with Crippen molar-refractivity contribution in [1.82, 2.24) is 0 Å². The van der Waals surface area contributed by atoms with E-state index in [4.69, 9.17) is 9.15 Å². The van der Waals surface area contributed by atoms with Gasteiger partial charge in [0.15, 0.2) is 0 Å². The van der Waals surface area contributed by atoms with E-state index in [0.717, 1.165) is 16.9 Å². The summed E-state index contributed by atoms with van der Waals surface area (Å²) in [5.41, 5.74) is 2.75. The Morgan fingerprint density at radius 2 is 1.69 bits per heavy atom. The van der Waals surface area contributed by atoms with Crippen LogP contribution >= 0.6 is 11.8 Å². The third-order valence-electron chi connectivity index (χ3n) is 4.65. The van der Waals surface area contributed by atoms with Gasteiger partial charge in [0.1, 0.15) is 11.5 Å². The summed E-state index contributed by atoms with van der Waals surface area (Å²) in [5.74, 6) is 1.21. The second kappa shape index (κ2) is 8.01. The fourth-order valence-electron chi connectivity index (χ4n) is 3.12. The fourth-order valence-corrected chi connectivity index (χ4v) is 4.14. The number of ether oxygens (including phenoxy) is 1. The maximum Gasteiger partial charge on any atom is 0.272 e. The van der Waals surface area contributed by atoms with Crippen LogP contribution < -0.4 is 9.64 Å². The van der Waals surface area contributed by atoms with Crippen LogP contribution in [0, 0.1) is 6.92 Å². The minimum absolute atomic E-state index is 0.327. The first kappa shape index (κ1) is 19.1. The van der Waals surface area contributed by atoms with Crippen molar-refractivity contribution < 1.29 is 18.7 Å². The van der Waals surface area contributed by atoms with Gasteiger partial charge in [-0.05, 0) is 48.9 Å². The molecule has 0 fully saturated rings. The molecule has 0 unspecified atom stereocenters. The first-order chi connectivity index (χ1) is 14.1.